The summed E-state index contributed by atoms with van der Waals surface area (Å²) >= 11 is 4.87. The minimum atomic E-state index is -0.606. The molecule has 0 saturated carbocycles. The highest BCUT2D eigenvalue weighted by atomic mass is 127. The van der Waals surface area contributed by atoms with Gasteiger partial charge < -0.3 is 10.5 Å². The molecule has 0 aliphatic rings. The highest BCUT2D eigenvalue weighted by molar-refractivity contribution is 14.1. The second-order valence-corrected chi connectivity index (χ2v) is 4.25. The molecule has 0 fully saturated rings. The van der Waals surface area contributed by atoms with E-state index in [9.17, 15) is 4.39 Å². The molecule has 0 saturated heterocycles. The van der Waals surface area contributed by atoms with Gasteiger partial charge in [-0.2, -0.15) is 5.26 Å². The first kappa shape index (κ1) is 11.5. The van der Waals surface area contributed by atoms with Crippen molar-refractivity contribution in [2.45, 2.75) is 0 Å². The summed E-state index contributed by atoms with van der Waals surface area (Å²) in [5.74, 6) is -0.525. The van der Waals surface area contributed by atoms with Gasteiger partial charge >= 0.3 is 0 Å². The number of nitriles is 1. The van der Waals surface area contributed by atoms with Crippen molar-refractivity contribution in [2.24, 2.45) is 0 Å². The fourth-order valence-corrected chi connectivity index (χ4v) is 1.98. The van der Waals surface area contributed by atoms with Crippen molar-refractivity contribution in [1.82, 2.24) is 0 Å². The van der Waals surface area contributed by atoms with E-state index in [0.717, 1.165) is 0 Å². The first-order chi connectivity index (χ1) is 6.54. The predicted octanol–water partition coefficient (Wildman–Crippen LogP) is 2.66. The van der Waals surface area contributed by atoms with E-state index in [1.807, 2.05) is 28.7 Å². The molecule has 2 N–H and O–H groups in total. The van der Waals surface area contributed by atoms with Crippen molar-refractivity contribution in [3.05, 3.63) is 19.4 Å². The number of anilines is 1. The Morgan fingerprint density at radius 2 is 2.21 bits per heavy atom. The summed E-state index contributed by atoms with van der Waals surface area (Å²) in [4.78, 5) is 0. The van der Waals surface area contributed by atoms with Gasteiger partial charge in [0, 0.05) is 0 Å². The SMILES string of the molecule is COc1c(N)c(F)c(Br)c(I)c1C#N. The van der Waals surface area contributed by atoms with Gasteiger partial charge in [0.2, 0.25) is 0 Å². The number of methoxy groups -OCH3 is 1. The van der Waals surface area contributed by atoms with Crippen molar-refractivity contribution in [3.8, 4) is 11.8 Å². The van der Waals surface area contributed by atoms with E-state index in [2.05, 4.69) is 15.9 Å². The lowest BCUT2D eigenvalue weighted by molar-refractivity contribution is 0.412. The Morgan fingerprint density at radius 1 is 1.64 bits per heavy atom. The topological polar surface area (TPSA) is 59.0 Å². The summed E-state index contributed by atoms with van der Waals surface area (Å²) in [5, 5.41) is 8.84. The number of nitrogen functional groups attached to an aromatic ring is 1. The minimum Gasteiger partial charge on any atom is -0.493 e. The van der Waals surface area contributed by atoms with Gasteiger partial charge in [-0.3, -0.25) is 0 Å². The van der Waals surface area contributed by atoms with Crippen LogP contribution in [0, 0.1) is 20.7 Å². The molecule has 6 heteroatoms. The fourth-order valence-electron chi connectivity index (χ4n) is 0.970. The van der Waals surface area contributed by atoms with Crippen LogP contribution in [-0.4, -0.2) is 7.11 Å². The summed E-state index contributed by atoms with van der Waals surface area (Å²) in [5.41, 5.74) is 5.53. The van der Waals surface area contributed by atoms with Crippen LogP contribution in [0.15, 0.2) is 4.47 Å². The fraction of sp³-hybridized carbons (Fsp3) is 0.125. The highest BCUT2D eigenvalue weighted by Gasteiger charge is 2.20. The molecule has 0 heterocycles. The number of nitrogens with zero attached hydrogens (tertiary/aromatic N) is 1. The zero-order chi connectivity index (χ0) is 10.9. The van der Waals surface area contributed by atoms with Crippen LogP contribution < -0.4 is 10.5 Å². The van der Waals surface area contributed by atoms with Gasteiger partial charge in [-0.1, -0.05) is 0 Å². The third-order valence-electron chi connectivity index (χ3n) is 1.63. The third kappa shape index (κ3) is 1.66. The van der Waals surface area contributed by atoms with Gasteiger partial charge in [-0.25, -0.2) is 4.39 Å². The van der Waals surface area contributed by atoms with E-state index in [1.54, 1.807) is 0 Å². The molecule has 0 aliphatic heterocycles. The summed E-state index contributed by atoms with van der Waals surface area (Å²) in [7, 11) is 1.34. The molecule has 1 rings (SSSR count). The Kier molecular flexibility index (Phi) is 3.55. The molecule has 74 valence electrons. The number of rotatable bonds is 1. The van der Waals surface area contributed by atoms with E-state index in [0.29, 0.717) is 3.57 Å². The van der Waals surface area contributed by atoms with Gasteiger partial charge in [0.25, 0.3) is 0 Å². The van der Waals surface area contributed by atoms with Crippen LogP contribution in [0.4, 0.5) is 10.1 Å². The van der Waals surface area contributed by atoms with Crippen LogP contribution >= 0.6 is 38.5 Å². The van der Waals surface area contributed by atoms with Crippen LogP contribution in [0.1, 0.15) is 5.56 Å². The summed E-state index contributed by atoms with van der Waals surface area (Å²) in [6.07, 6.45) is 0. The zero-order valence-electron chi connectivity index (χ0n) is 7.07. The maximum atomic E-state index is 13.4. The van der Waals surface area contributed by atoms with Gasteiger partial charge in [-0.05, 0) is 38.5 Å². The van der Waals surface area contributed by atoms with E-state index >= 15 is 0 Å². The molecule has 1 aromatic carbocycles. The first-order valence-corrected chi connectivity index (χ1v) is 5.31. The van der Waals surface area contributed by atoms with E-state index in [1.165, 1.54) is 7.11 Å². The molecule has 0 bridgehead atoms. The molecule has 0 unspecified atom stereocenters. The van der Waals surface area contributed by atoms with Crippen LogP contribution in [0.3, 0.4) is 0 Å². The molecule has 0 aliphatic carbocycles. The molecule has 14 heavy (non-hydrogen) atoms. The normalized spacial score (nSPS) is 9.64. The third-order valence-corrected chi connectivity index (χ3v) is 4.19. The quantitative estimate of drug-likeness (QED) is 0.469. The second kappa shape index (κ2) is 4.31. The Labute approximate surface area is 102 Å². The summed E-state index contributed by atoms with van der Waals surface area (Å²) < 4.78 is 18.9. The first-order valence-electron chi connectivity index (χ1n) is 3.44. The van der Waals surface area contributed by atoms with Crippen molar-refractivity contribution in [2.75, 3.05) is 12.8 Å². The van der Waals surface area contributed by atoms with Crippen molar-refractivity contribution < 1.29 is 9.13 Å². The summed E-state index contributed by atoms with van der Waals surface area (Å²) in [6, 6.07) is 1.91. The number of ether oxygens (including phenoxy) is 1. The lowest BCUT2D eigenvalue weighted by Crippen LogP contribution is -2.02. The Balaban J connectivity index is 3.68. The molecule has 0 atom stereocenters. The van der Waals surface area contributed by atoms with E-state index < -0.39 is 5.82 Å². The standard InChI is InChI=1S/C8H5BrFIN2O/c1-14-8-3(2-12)6(11)4(9)5(10)7(8)13/h13H2,1H3. The number of nitrogens with two attached hydrogens (primary N) is 1. The Morgan fingerprint density at radius 3 is 2.64 bits per heavy atom. The lowest BCUT2D eigenvalue weighted by atomic mass is 10.2. The average molecular weight is 371 g/mol. The number of halogens is 3. The largest absolute Gasteiger partial charge is 0.493 e. The van der Waals surface area contributed by atoms with Gasteiger partial charge in [-0.15, -0.1) is 0 Å². The number of benzene rings is 1. The molecule has 0 amide bonds. The monoisotopic (exact) mass is 370 g/mol. The molecule has 0 spiro atoms. The van der Waals surface area contributed by atoms with E-state index in [4.69, 9.17) is 15.7 Å². The summed E-state index contributed by atoms with van der Waals surface area (Å²) in [6.45, 7) is 0. The molecule has 0 aromatic heterocycles. The van der Waals surface area contributed by atoms with Crippen LogP contribution in [-0.2, 0) is 0 Å². The smallest absolute Gasteiger partial charge is 0.165 e. The van der Waals surface area contributed by atoms with Gasteiger partial charge in [0.15, 0.2) is 11.6 Å². The zero-order valence-corrected chi connectivity index (χ0v) is 10.8. The second-order valence-electron chi connectivity index (χ2n) is 2.38. The molecular weight excluding hydrogens is 366 g/mol. The molecule has 1 aromatic rings. The Bertz CT molecular complexity index is 431. The predicted molar refractivity (Wildman–Crippen MR) is 62.5 cm³/mol. The van der Waals surface area contributed by atoms with Crippen molar-refractivity contribution in [3.63, 3.8) is 0 Å². The van der Waals surface area contributed by atoms with Gasteiger partial charge in [0.1, 0.15) is 17.3 Å². The van der Waals surface area contributed by atoms with Crippen LogP contribution in [0.2, 0.25) is 0 Å². The van der Waals surface area contributed by atoms with Crippen LogP contribution in [0.25, 0.3) is 0 Å². The molecule has 0 radical (unpaired) electrons. The Hall–Kier alpha value is -0.550. The number of hydrogen-bond acceptors (Lipinski definition) is 3. The van der Waals surface area contributed by atoms with Crippen molar-refractivity contribution in [1.29, 1.82) is 5.26 Å². The van der Waals surface area contributed by atoms with Gasteiger partial charge in [0.05, 0.1) is 15.2 Å². The number of hydrogen-bond donors (Lipinski definition) is 1. The average Bonchev–Trinajstić information content (AvgIpc) is 2.20. The molecule has 3 nitrogen and oxygen atoms in total. The maximum absolute atomic E-state index is 13.4. The lowest BCUT2D eigenvalue weighted by Gasteiger charge is -2.10. The van der Waals surface area contributed by atoms with Crippen LogP contribution in [0.5, 0.6) is 5.75 Å². The van der Waals surface area contributed by atoms with Crippen molar-refractivity contribution >= 4 is 44.2 Å². The van der Waals surface area contributed by atoms with E-state index in [-0.39, 0.29) is 21.5 Å². The maximum Gasteiger partial charge on any atom is 0.165 e. The molecular formula is C8H5BrFIN2O. The highest BCUT2D eigenvalue weighted by Crippen LogP contribution is 2.38. The minimum absolute atomic E-state index is 0.0811.